The van der Waals surface area contributed by atoms with Gasteiger partial charge in [0.15, 0.2) is 0 Å². The third-order valence-corrected chi connectivity index (χ3v) is 3.20. The van der Waals surface area contributed by atoms with E-state index < -0.39 is 0 Å². The Kier molecular flexibility index (Phi) is 7.52. The number of rotatable bonds is 8. The summed E-state index contributed by atoms with van der Waals surface area (Å²) in [7, 11) is 0. The lowest BCUT2D eigenvalue weighted by molar-refractivity contribution is -0.125. The van der Waals surface area contributed by atoms with Crippen molar-refractivity contribution >= 4 is 11.8 Å². The molecule has 5 nitrogen and oxygen atoms in total. The minimum absolute atomic E-state index is 0.0305. The van der Waals surface area contributed by atoms with Crippen LogP contribution in [0.3, 0.4) is 0 Å². The van der Waals surface area contributed by atoms with Gasteiger partial charge in [-0.25, -0.2) is 4.39 Å². The monoisotopic (exact) mass is 309 g/mol. The van der Waals surface area contributed by atoms with Gasteiger partial charge in [0.25, 0.3) is 0 Å². The molecule has 1 rings (SSSR count). The van der Waals surface area contributed by atoms with Crippen molar-refractivity contribution < 1.29 is 14.0 Å². The second kappa shape index (κ2) is 9.15. The molecule has 1 aromatic rings. The standard InChI is InChI=1S/C16H24FN3O2/c1-4-18-14(21)9-19-15(22)10-20-16(11(2)3)12-5-7-13(17)8-6-12/h5-8,11,16,20H,4,9-10H2,1-3H3,(H,18,21)(H,19,22)/t16-/m1/s1. The van der Waals surface area contributed by atoms with Gasteiger partial charge in [0.1, 0.15) is 5.82 Å². The predicted octanol–water partition coefficient (Wildman–Crippen LogP) is 1.36. The van der Waals surface area contributed by atoms with Gasteiger partial charge in [0, 0.05) is 12.6 Å². The van der Waals surface area contributed by atoms with E-state index in [0.29, 0.717) is 6.54 Å². The highest BCUT2D eigenvalue weighted by atomic mass is 19.1. The minimum Gasteiger partial charge on any atom is -0.355 e. The van der Waals surface area contributed by atoms with Gasteiger partial charge in [-0.1, -0.05) is 26.0 Å². The highest BCUT2D eigenvalue weighted by Gasteiger charge is 2.16. The van der Waals surface area contributed by atoms with E-state index >= 15 is 0 Å². The van der Waals surface area contributed by atoms with Crippen molar-refractivity contribution in [1.82, 2.24) is 16.0 Å². The van der Waals surface area contributed by atoms with Gasteiger partial charge in [0.2, 0.25) is 11.8 Å². The molecule has 22 heavy (non-hydrogen) atoms. The van der Waals surface area contributed by atoms with Crippen LogP contribution in [0.4, 0.5) is 4.39 Å². The quantitative estimate of drug-likeness (QED) is 0.679. The zero-order chi connectivity index (χ0) is 16.5. The molecule has 0 saturated heterocycles. The first-order valence-electron chi connectivity index (χ1n) is 7.46. The van der Waals surface area contributed by atoms with Gasteiger partial charge in [-0.05, 0) is 30.5 Å². The molecule has 0 fully saturated rings. The average Bonchev–Trinajstić information content (AvgIpc) is 2.47. The highest BCUT2D eigenvalue weighted by molar-refractivity contribution is 5.85. The van der Waals surface area contributed by atoms with Crippen molar-refractivity contribution in [3.05, 3.63) is 35.6 Å². The third-order valence-electron chi connectivity index (χ3n) is 3.20. The molecule has 0 aliphatic carbocycles. The van der Waals surface area contributed by atoms with Crippen LogP contribution in [-0.4, -0.2) is 31.4 Å². The number of amides is 2. The lowest BCUT2D eigenvalue weighted by Gasteiger charge is -2.22. The van der Waals surface area contributed by atoms with Crippen LogP contribution in [0.5, 0.6) is 0 Å². The molecule has 0 unspecified atom stereocenters. The van der Waals surface area contributed by atoms with Crippen LogP contribution in [0.25, 0.3) is 0 Å². The summed E-state index contributed by atoms with van der Waals surface area (Å²) in [4.78, 5) is 23.0. The Morgan fingerprint density at radius 2 is 1.64 bits per heavy atom. The van der Waals surface area contributed by atoms with Crippen molar-refractivity contribution in [1.29, 1.82) is 0 Å². The third kappa shape index (κ3) is 6.22. The number of benzene rings is 1. The van der Waals surface area contributed by atoms with Crippen molar-refractivity contribution in [3.8, 4) is 0 Å². The molecule has 0 heterocycles. The van der Waals surface area contributed by atoms with Crippen molar-refractivity contribution in [2.45, 2.75) is 26.8 Å². The van der Waals surface area contributed by atoms with E-state index in [1.54, 1.807) is 12.1 Å². The van der Waals surface area contributed by atoms with Gasteiger partial charge in [-0.3, -0.25) is 9.59 Å². The molecule has 0 saturated carbocycles. The first kappa shape index (κ1) is 18.1. The summed E-state index contributed by atoms with van der Waals surface area (Å²) in [6.45, 7) is 6.46. The molecule has 3 N–H and O–H groups in total. The van der Waals surface area contributed by atoms with E-state index in [1.165, 1.54) is 12.1 Å². The maximum atomic E-state index is 13.0. The Hall–Kier alpha value is -1.95. The van der Waals surface area contributed by atoms with Crippen LogP contribution < -0.4 is 16.0 Å². The zero-order valence-corrected chi connectivity index (χ0v) is 13.3. The zero-order valence-electron chi connectivity index (χ0n) is 13.3. The molecule has 0 radical (unpaired) electrons. The fourth-order valence-corrected chi connectivity index (χ4v) is 2.11. The topological polar surface area (TPSA) is 70.2 Å². The molecule has 2 amide bonds. The van der Waals surface area contributed by atoms with Gasteiger partial charge >= 0.3 is 0 Å². The summed E-state index contributed by atoms with van der Waals surface area (Å²) in [5.41, 5.74) is 0.924. The Morgan fingerprint density at radius 1 is 1.05 bits per heavy atom. The lowest BCUT2D eigenvalue weighted by Crippen LogP contribution is -2.42. The Morgan fingerprint density at radius 3 is 2.18 bits per heavy atom. The second-order valence-electron chi connectivity index (χ2n) is 5.38. The van der Waals surface area contributed by atoms with E-state index in [9.17, 15) is 14.0 Å². The van der Waals surface area contributed by atoms with E-state index in [2.05, 4.69) is 16.0 Å². The van der Waals surface area contributed by atoms with Crippen LogP contribution in [0.15, 0.2) is 24.3 Å². The summed E-state index contributed by atoms with van der Waals surface area (Å²) in [6.07, 6.45) is 0. The molecule has 1 atom stereocenters. The second-order valence-corrected chi connectivity index (χ2v) is 5.38. The fraction of sp³-hybridized carbons (Fsp3) is 0.500. The molecular weight excluding hydrogens is 285 g/mol. The van der Waals surface area contributed by atoms with Crippen molar-refractivity contribution in [2.75, 3.05) is 19.6 Å². The van der Waals surface area contributed by atoms with Gasteiger partial charge in [-0.2, -0.15) is 0 Å². The van der Waals surface area contributed by atoms with E-state index in [1.807, 2.05) is 20.8 Å². The van der Waals surface area contributed by atoms with Crippen molar-refractivity contribution in [3.63, 3.8) is 0 Å². The van der Waals surface area contributed by atoms with E-state index in [4.69, 9.17) is 0 Å². The molecule has 1 aromatic carbocycles. The molecule has 0 spiro atoms. The van der Waals surface area contributed by atoms with Gasteiger partial charge in [0.05, 0.1) is 13.1 Å². The molecule has 0 aromatic heterocycles. The molecule has 6 heteroatoms. The van der Waals surface area contributed by atoms with Crippen LogP contribution >= 0.6 is 0 Å². The summed E-state index contributed by atoms with van der Waals surface area (Å²) in [6, 6.07) is 6.17. The summed E-state index contributed by atoms with van der Waals surface area (Å²) in [5.74, 6) is -0.513. The van der Waals surface area contributed by atoms with E-state index in [0.717, 1.165) is 5.56 Å². The van der Waals surface area contributed by atoms with Crippen LogP contribution in [-0.2, 0) is 9.59 Å². The lowest BCUT2D eigenvalue weighted by atomic mass is 9.96. The maximum Gasteiger partial charge on any atom is 0.239 e. The molecule has 0 bridgehead atoms. The predicted molar refractivity (Wildman–Crippen MR) is 83.7 cm³/mol. The summed E-state index contributed by atoms with van der Waals surface area (Å²) in [5, 5.41) is 8.30. The number of nitrogens with one attached hydrogen (secondary N) is 3. The maximum absolute atomic E-state index is 13.0. The highest BCUT2D eigenvalue weighted by Crippen LogP contribution is 2.21. The van der Waals surface area contributed by atoms with Gasteiger partial charge in [-0.15, -0.1) is 0 Å². The summed E-state index contributed by atoms with van der Waals surface area (Å²) >= 11 is 0. The van der Waals surface area contributed by atoms with E-state index in [-0.39, 0.29) is 42.7 Å². The number of halogens is 1. The number of carbonyl (C=O) groups is 2. The number of likely N-dealkylation sites (N-methyl/N-ethyl adjacent to an activating group) is 1. The molecule has 0 aliphatic rings. The van der Waals surface area contributed by atoms with Crippen LogP contribution in [0.2, 0.25) is 0 Å². The molecule has 0 aliphatic heterocycles. The summed E-state index contributed by atoms with van der Waals surface area (Å²) < 4.78 is 13.0. The number of hydrogen-bond acceptors (Lipinski definition) is 3. The largest absolute Gasteiger partial charge is 0.355 e. The fourth-order valence-electron chi connectivity index (χ4n) is 2.11. The smallest absolute Gasteiger partial charge is 0.239 e. The van der Waals surface area contributed by atoms with Crippen LogP contribution in [0.1, 0.15) is 32.4 Å². The Labute approximate surface area is 130 Å². The Balaban J connectivity index is 2.49. The SMILES string of the molecule is CCNC(=O)CNC(=O)CN[C@@H](c1ccc(F)cc1)C(C)C. The number of hydrogen-bond donors (Lipinski definition) is 3. The minimum atomic E-state index is -0.286. The first-order valence-corrected chi connectivity index (χ1v) is 7.46. The molecule has 122 valence electrons. The molecular formula is C16H24FN3O2. The Bertz CT molecular complexity index is 489. The van der Waals surface area contributed by atoms with Crippen molar-refractivity contribution in [2.24, 2.45) is 5.92 Å². The van der Waals surface area contributed by atoms with Crippen LogP contribution in [0, 0.1) is 11.7 Å². The average molecular weight is 309 g/mol. The van der Waals surface area contributed by atoms with Gasteiger partial charge < -0.3 is 16.0 Å². The number of carbonyl (C=O) groups excluding carboxylic acids is 2. The first-order chi connectivity index (χ1) is 10.4. The normalized spacial score (nSPS) is 12.0.